The molecule has 1 heterocycles. The van der Waals surface area contributed by atoms with Crippen molar-refractivity contribution >= 4 is 15.9 Å². The van der Waals surface area contributed by atoms with Gasteiger partial charge in [-0.25, -0.2) is 4.39 Å². The zero-order valence-corrected chi connectivity index (χ0v) is 12.4. The molecular formula is C14H15BrFN3O. The first-order valence-corrected chi connectivity index (χ1v) is 7.47. The van der Waals surface area contributed by atoms with Gasteiger partial charge in [-0.15, -0.1) is 0 Å². The van der Waals surface area contributed by atoms with Crippen molar-refractivity contribution in [2.75, 3.05) is 0 Å². The van der Waals surface area contributed by atoms with Crippen LogP contribution in [0.2, 0.25) is 0 Å². The first kappa shape index (κ1) is 13.7. The van der Waals surface area contributed by atoms with Crippen LogP contribution in [0, 0.1) is 5.82 Å². The van der Waals surface area contributed by atoms with E-state index in [0.717, 1.165) is 30.2 Å². The molecule has 0 saturated heterocycles. The van der Waals surface area contributed by atoms with Gasteiger partial charge in [-0.2, -0.15) is 4.98 Å². The summed E-state index contributed by atoms with van der Waals surface area (Å²) in [5.74, 6) is 0.901. The Hall–Kier alpha value is -1.27. The predicted octanol–water partition coefficient (Wildman–Crippen LogP) is 3.62. The fourth-order valence-corrected chi connectivity index (χ4v) is 3.06. The van der Waals surface area contributed by atoms with Gasteiger partial charge in [-0.3, -0.25) is 0 Å². The lowest BCUT2D eigenvalue weighted by Gasteiger charge is -2.23. The second-order valence-electron chi connectivity index (χ2n) is 5.20. The highest BCUT2D eigenvalue weighted by atomic mass is 79.9. The lowest BCUT2D eigenvalue weighted by atomic mass is 9.86. The van der Waals surface area contributed by atoms with Crippen molar-refractivity contribution in [3.8, 4) is 11.4 Å². The van der Waals surface area contributed by atoms with Crippen molar-refractivity contribution in [3.05, 3.63) is 34.4 Å². The average molecular weight is 340 g/mol. The maximum Gasteiger partial charge on any atom is 0.230 e. The van der Waals surface area contributed by atoms with E-state index in [4.69, 9.17) is 10.3 Å². The minimum Gasteiger partial charge on any atom is -0.339 e. The Morgan fingerprint density at radius 3 is 3.00 bits per heavy atom. The van der Waals surface area contributed by atoms with Gasteiger partial charge in [0.1, 0.15) is 5.82 Å². The van der Waals surface area contributed by atoms with E-state index in [1.54, 1.807) is 6.07 Å². The molecule has 2 atom stereocenters. The van der Waals surface area contributed by atoms with E-state index in [0.29, 0.717) is 17.3 Å². The summed E-state index contributed by atoms with van der Waals surface area (Å²) in [6.07, 6.45) is 4.01. The minimum atomic E-state index is -0.325. The van der Waals surface area contributed by atoms with Gasteiger partial charge in [0, 0.05) is 22.0 Å². The van der Waals surface area contributed by atoms with E-state index in [-0.39, 0.29) is 17.8 Å². The standard InChI is InChI=1S/C14H15BrFN3O/c15-12-5-4-9(16)7-11(12)13-18-14(20-19-13)8-2-1-3-10(17)6-8/h4-5,7-8,10H,1-3,6,17H2. The summed E-state index contributed by atoms with van der Waals surface area (Å²) in [6, 6.07) is 4.61. The fraction of sp³-hybridized carbons (Fsp3) is 0.429. The number of benzene rings is 1. The van der Waals surface area contributed by atoms with Gasteiger partial charge in [0.25, 0.3) is 0 Å². The molecule has 3 rings (SSSR count). The quantitative estimate of drug-likeness (QED) is 0.907. The minimum absolute atomic E-state index is 0.199. The van der Waals surface area contributed by atoms with Crippen LogP contribution >= 0.6 is 15.9 Å². The van der Waals surface area contributed by atoms with E-state index < -0.39 is 0 Å². The van der Waals surface area contributed by atoms with Crippen LogP contribution in [0.15, 0.2) is 27.2 Å². The van der Waals surface area contributed by atoms with E-state index in [1.807, 2.05) is 0 Å². The molecule has 4 nitrogen and oxygen atoms in total. The molecule has 1 saturated carbocycles. The topological polar surface area (TPSA) is 64.9 Å². The molecule has 0 spiro atoms. The molecule has 1 aliphatic rings. The molecule has 20 heavy (non-hydrogen) atoms. The molecule has 1 aromatic carbocycles. The number of nitrogens with zero attached hydrogens (tertiary/aromatic N) is 2. The van der Waals surface area contributed by atoms with Crippen LogP contribution in [0.1, 0.15) is 37.5 Å². The second-order valence-corrected chi connectivity index (χ2v) is 6.06. The summed E-state index contributed by atoms with van der Waals surface area (Å²) in [4.78, 5) is 4.41. The van der Waals surface area contributed by atoms with Crippen molar-refractivity contribution < 1.29 is 8.91 Å². The Bertz CT molecular complexity index is 616. The summed E-state index contributed by atoms with van der Waals surface area (Å²) < 4.78 is 19.4. The van der Waals surface area contributed by atoms with Crippen LogP contribution in [0.4, 0.5) is 4.39 Å². The molecule has 1 aromatic heterocycles. The highest BCUT2D eigenvalue weighted by Gasteiger charge is 2.26. The molecule has 0 radical (unpaired) electrons. The van der Waals surface area contributed by atoms with Crippen molar-refractivity contribution in [2.45, 2.75) is 37.6 Å². The number of rotatable bonds is 2. The number of nitrogens with two attached hydrogens (primary N) is 1. The molecular weight excluding hydrogens is 325 g/mol. The molecule has 0 bridgehead atoms. The second kappa shape index (κ2) is 5.61. The summed E-state index contributed by atoms with van der Waals surface area (Å²) in [5, 5.41) is 3.97. The monoisotopic (exact) mass is 339 g/mol. The van der Waals surface area contributed by atoms with E-state index in [2.05, 4.69) is 26.1 Å². The lowest BCUT2D eigenvalue weighted by Crippen LogP contribution is -2.26. The highest BCUT2D eigenvalue weighted by molar-refractivity contribution is 9.10. The third-order valence-corrected chi connectivity index (χ3v) is 4.37. The van der Waals surface area contributed by atoms with Crippen molar-refractivity contribution in [2.24, 2.45) is 5.73 Å². The van der Waals surface area contributed by atoms with E-state index in [1.165, 1.54) is 12.1 Å². The van der Waals surface area contributed by atoms with Crippen LogP contribution in [-0.4, -0.2) is 16.2 Å². The Kier molecular flexibility index (Phi) is 3.85. The van der Waals surface area contributed by atoms with Crippen molar-refractivity contribution in [1.82, 2.24) is 10.1 Å². The number of hydrogen-bond acceptors (Lipinski definition) is 4. The van der Waals surface area contributed by atoms with Crippen LogP contribution in [0.5, 0.6) is 0 Å². The SMILES string of the molecule is NC1CCCC(c2nc(-c3cc(F)ccc3Br)no2)C1. The zero-order chi connectivity index (χ0) is 14.1. The Morgan fingerprint density at radius 2 is 2.20 bits per heavy atom. The van der Waals surface area contributed by atoms with Crippen molar-refractivity contribution in [3.63, 3.8) is 0 Å². The van der Waals surface area contributed by atoms with E-state index >= 15 is 0 Å². The van der Waals surface area contributed by atoms with Crippen LogP contribution < -0.4 is 5.73 Å². The molecule has 2 N–H and O–H groups in total. The smallest absolute Gasteiger partial charge is 0.230 e. The summed E-state index contributed by atoms with van der Waals surface area (Å²) >= 11 is 3.37. The normalized spacial score (nSPS) is 22.9. The van der Waals surface area contributed by atoms with Gasteiger partial charge in [0.05, 0.1) is 0 Å². The molecule has 106 valence electrons. The highest BCUT2D eigenvalue weighted by Crippen LogP contribution is 2.33. The Labute approximate surface area is 124 Å². The van der Waals surface area contributed by atoms with Gasteiger partial charge < -0.3 is 10.3 Å². The Balaban J connectivity index is 1.88. The van der Waals surface area contributed by atoms with Crippen LogP contribution in [0.25, 0.3) is 11.4 Å². The molecule has 1 fully saturated rings. The summed E-state index contributed by atoms with van der Waals surface area (Å²) in [7, 11) is 0. The average Bonchev–Trinajstić information content (AvgIpc) is 2.91. The maximum absolute atomic E-state index is 13.3. The number of halogens is 2. The molecule has 0 amide bonds. The molecule has 2 aromatic rings. The molecule has 0 aliphatic heterocycles. The van der Waals surface area contributed by atoms with Gasteiger partial charge in [-0.1, -0.05) is 27.5 Å². The predicted molar refractivity (Wildman–Crippen MR) is 76.6 cm³/mol. The summed E-state index contributed by atoms with van der Waals surface area (Å²) in [6.45, 7) is 0. The Morgan fingerprint density at radius 1 is 1.35 bits per heavy atom. The first-order valence-electron chi connectivity index (χ1n) is 6.68. The molecule has 2 unspecified atom stereocenters. The van der Waals surface area contributed by atoms with Gasteiger partial charge in [0.2, 0.25) is 11.7 Å². The maximum atomic E-state index is 13.3. The summed E-state index contributed by atoms with van der Waals surface area (Å²) in [5.41, 5.74) is 6.57. The zero-order valence-electron chi connectivity index (χ0n) is 10.9. The van der Waals surface area contributed by atoms with E-state index in [9.17, 15) is 4.39 Å². The van der Waals surface area contributed by atoms with Gasteiger partial charge >= 0.3 is 0 Å². The van der Waals surface area contributed by atoms with Gasteiger partial charge in [0.15, 0.2) is 0 Å². The van der Waals surface area contributed by atoms with Gasteiger partial charge in [-0.05, 0) is 37.5 Å². The number of aromatic nitrogens is 2. The first-order chi connectivity index (χ1) is 9.63. The van der Waals surface area contributed by atoms with Crippen molar-refractivity contribution in [1.29, 1.82) is 0 Å². The van der Waals surface area contributed by atoms with Crippen LogP contribution in [-0.2, 0) is 0 Å². The van der Waals surface area contributed by atoms with Crippen LogP contribution in [0.3, 0.4) is 0 Å². The fourth-order valence-electron chi connectivity index (χ4n) is 2.63. The largest absolute Gasteiger partial charge is 0.339 e. The number of hydrogen-bond donors (Lipinski definition) is 1. The third-order valence-electron chi connectivity index (χ3n) is 3.68. The molecule has 6 heteroatoms. The molecule has 1 aliphatic carbocycles. The third kappa shape index (κ3) is 2.76. The lowest BCUT2D eigenvalue weighted by molar-refractivity contribution is 0.299.